The molecule has 10 heteroatoms. The third-order valence-electron chi connectivity index (χ3n) is 6.77. The van der Waals surface area contributed by atoms with E-state index in [9.17, 15) is 23.1 Å². The Hall–Kier alpha value is -2.95. The van der Waals surface area contributed by atoms with Crippen molar-refractivity contribution >= 4 is 27.5 Å². The van der Waals surface area contributed by atoms with Gasteiger partial charge in [0.2, 0.25) is 15.9 Å². The molecule has 3 atom stereocenters. The van der Waals surface area contributed by atoms with Crippen LogP contribution in [0.5, 0.6) is 5.75 Å². The highest BCUT2D eigenvalue weighted by Crippen LogP contribution is 2.33. The first-order valence-corrected chi connectivity index (χ1v) is 13.6. The van der Waals surface area contributed by atoms with Gasteiger partial charge in [0.05, 0.1) is 29.7 Å². The van der Waals surface area contributed by atoms with Gasteiger partial charge in [0.15, 0.2) is 0 Å². The summed E-state index contributed by atoms with van der Waals surface area (Å²) in [4.78, 5) is 27.5. The second-order valence-electron chi connectivity index (χ2n) is 9.70. The minimum atomic E-state index is -3.74. The first-order valence-electron chi connectivity index (χ1n) is 12.2. The lowest BCUT2D eigenvalue weighted by atomic mass is 9.99. The maximum Gasteiger partial charge on any atom is 0.258 e. The highest BCUT2D eigenvalue weighted by atomic mass is 32.2. The number of aliphatic hydroxyl groups excluding tert-OH is 1. The molecule has 2 amide bonds. The number of likely N-dealkylation sites (N-methyl/N-ethyl adjacent to an activating group) is 1. The Morgan fingerprint density at radius 2 is 1.92 bits per heavy atom. The van der Waals surface area contributed by atoms with Gasteiger partial charge in [-0.05, 0) is 50.1 Å². The molecule has 2 aromatic rings. The van der Waals surface area contributed by atoms with Gasteiger partial charge in [0, 0.05) is 31.1 Å². The summed E-state index contributed by atoms with van der Waals surface area (Å²) in [6.07, 6.45) is 1.15. The van der Waals surface area contributed by atoms with Crippen LogP contribution in [0.1, 0.15) is 37.0 Å². The summed E-state index contributed by atoms with van der Waals surface area (Å²) in [6, 6.07) is 12.6. The molecular weight excluding hydrogens is 482 g/mol. The van der Waals surface area contributed by atoms with Crippen LogP contribution < -0.4 is 10.1 Å². The molecule has 1 aliphatic carbocycles. The Balaban J connectivity index is 1.65. The Morgan fingerprint density at radius 1 is 1.22 bits per heavy atom. The largest absolute Gasteiger partial charge is 0.488 e. The fourth-order valence-corrected chi connectivity index (χ4v) is 5.44. The fraction of sp³-hybridized carbons (Fsp3) is 0.462. The molecule has 9 nitrogen and oxygen atoms in total. The monoisotopic (exact) mass is 515 g/mol. The first kappa shape index (κ1) is 26.1. The highest BCUT2D eigenvalue weighted by molar-refractivity contribution is 7.89. The molecule has 2 aliphatic rings. The van der Waals surface area contributed by atoms with Crippen molar-refractivity contribution in [1.82, 2.24) is 9.21 Å². The van der Waals surface area contributed by atoms with Gasteiger partial charge in [0.1, 0.15) is 11.9 Å². The Kier molecular flexibility index (Phi) is 7.67. The van der Waals surface area contributed by atoms with Crippen molar-refractivity contribution in [1.29, 1.82) is 0 Å². The van der Waals surface area contributed by atoms with Crippen molar-refractivity contribution in [2.75, 3.05) is 32.1 Å². The number of nitrogens with one attached hydrogen (secondary N) is 1. The number of rotatable bonds is 8. The van der Waals surface area contributed by atoms with Crippen LogP contribution in [-0.4, -0.2) is 73.4 Å². The van der Waals surface area contributed by atoms with Gasteiger partial charge in [-0.15, -0.1) is 0 Å². The lowest BCUT2D eigenvalue weighted by Gasteiger charge is -2.38. The molecule has 0 aromatic heterocycles. The average Bonchev–Trinajstić information content (AvgIpc) is 3.72. The predicted octanol–water partition coefficient (Wildman–Crippen LogP) is 2.58. The van der Waals surface area contributed by atoms with E-state index >= 15 is 0 Å². The number of ether oxygens (including phenoxy) is 1. The van der Waals surface area contributed by atoms with E-state index in [1.807, 2.05) is 6.92 Å². The van der Waals surface area contributed by atoms with Crippen LogP contribution in [-0.2, 0) is 14.8 Å². The van der Waals surface area contributed by atoms with Crippen LogP contribution in [0.4, 0.5) is 5.69 Å². The van der Waals surface area contributed by atoms with Crippen molar-refractivity contribution in [3.8, 4) is 5.75 Å². The van der Waals surface area contributed by atoms with E-state index in [0.717, 1.165) is 12.8 Å². The van der Waals surface area contributed by atoms with Gasteiger partial charge in [-0.2, -0.15) is 4.31 Å². The Morgan fingerprint density at radius 3 is 2.56 bits per heavy atom. The number of benzene rings is 2. The zero-order valence-corrected chi connectivity index (χ0v) is 21.6. The number of amides is 2. The third kappa shape index (κ3) is 5.55. The number of hydrogen-bond acceptors (Lipinski definition) is 6. The van der Waals surface area contributed by atoms with Crippen LogP contribution >= 0.6 is 0 Å². The zero-order chi connectivity index (χ0) is 26.0. The van der Waals surface area contributed by atoms with E-state index in [1.165, 1.54) is 11.4 Å². The molecule has 0 spiro atoms. The molecular formula is C26H33N3O6S. The molecule has 1 saturated carbocycles. The normalized spacial score (nSPS) is 21.2. The molecule has 0 radical (unpaired) electrons. The fourth-order valence-electron chi connectivity index (χ4n) is 4.23. The van der Waals surface area contributed by atoms with Crippen molar-refractivity contribution in [3.63, 3.8) is 0 Å². The smallest absolute Gasteiger partial charge is 0.258 e. The second-order valence-corrected chi connectivity index (χ2v) is 11.7. The minimum Gasteiger partial charge on any atom is -0.488 e. The molecule has 1 heterocycles. The maximum absolute atomic E-state index is 13.5. The van der Waals surface area contributed by atoms with Crippen molar-refractivity contribution < 1.29 is 27.9 Å². The molecule has 1 aliphatic heterocycles. The number of nitrogens with zero attached hydrogens (tertiary/aromatic N) is 2. The van der Waals surface area contributed by atoms with Crippen LogP contribution in [0, 0.1) is 11.8 Å². The van der Waals surface area contributed by atoms with Crippen LogP contribution in [0.15, 0.2) is 53.4 Å². The number of sulfonamides is 1. The molecule has 0 bridgehead atoms. The number of carbonyl (C=O) groups is 2. The van der Waals surface area contributed by atoms with Crippen LogP contribution in [0.2, 0.25) is 0 Å². The molecule has 2 aromatic carbocycles. The number of anilines is 1. The van der Waals surface area contributed by atoms with Gasteiger partial charge in [-0.3, -0.25) is 9.59 Å². The summed E-state index contributed by atoms with van der Waals surface area (Å²) in [5, 5.41) is 12.7. The molecule has 36 heavy (non-hydrogen) atoms. The quantitative estimate of drug-likeness (QED) is 0.558. The molecule has 0 unspecified atom stereocenters. The zero-order valence-electron chi connectivity index (χ0n) is 20.8. The highest BCUT2D eigenvalue weighted by Gasteiger charge is 2.36. The van der Waals surface area contributed by atoms with Crippen molar-refractivity contribution in [2.45, 2.75) is 43.7 Å². The standard InChI is InChI=1S/C26H33N3O6S/c1-17-14-29(18(2)16-30)26(32)22-13-20(27-25(31)19-9-10-19)11-12-23(22)35-24(17)15-28(3)36(33,34)21-7-5-4-6-8-21/h4-8,11-13,17-19,24,30H,9-10,14-16H2,1-3H3,(H,27,31)/t17-,18+,24-/m0/s1. The van der Waals surface area contributed by atoms with Crippen LogP contribution in [0.3, 0.4) is 0 Å². The van der Waals surface area contributed by atoms with E-state index in [4.69, 9.17) is 4.74 Å². The van der Waals surface area contributed by atoms with Gasteiger partial charge < -0.3 is 20.1 Å². The van der Waals surface area contributed by atoms with Crippen molar-refractivity contribution in [2.24, 2.45) is 11.8 Å². The summed E-state index contributed by atoms with van der Waals surface area (Å²) in [5.41, 5.74) is 0.752. The summed E-state index contributed by atoms with van der Waals surface area (Å²) in [5.74, 6) is -0.309. The number of aliphatic hydroxyl groups is 1. The van der Waals surface area contributed by atoms with E-state index in [0.29, 0.717) is 11.4 Å². The van der Waals surface area contributed by atoms with Crippen molar-refractivity contribution in [3.05, 3.63) is 54.1 Å². The molecule has 0 saturated heterocycles. The summed E-state index contributed by atoms with van der Waals surface area (Å²) < 4.78 is 33.8. The summed E-state index contributed by atoms with van der Waals surface area (Å²) in [7, 11) is -2.23. The lowest BCUT2D eigenvalue weighted by Crippen LogP contribution is -2.50. The number of hydrogen-bond donors (Lipinski definition) is 2. The SMILES string of the molecule is C[C@H](CO)N1C[C@H](C)[C@H](CN(C)S(=O)(=O)c2ccccc2)Oc2ccc(NC(=O)C3CC3)cc2C1=O. The molecule has 4 rings (SSSR count). The summed E-state index contributed by atoms with van der Waals surface area (Å²) in [6.45, 7) is 3.76. The predicted molar refractivity (Wildman–Crippen MR) is 135 cm³/mol. The Bertz CT molecular complexity index is 1220. The van der Waals surface area contributed by atoms with E-state index < -0.39 is 22.2 Å². The number of fused-ring (bicyclic) bond motifs is 1. The first-order chi connectivity index (χ1) is 17.1. The van der Waals surface area contributed by atoms with E-state index in [1.54, 1.807) is 60.4 Å². The van der Waals surface area contributed by atoms with Gasteiger partial charge >= 0.3 is 0 Å². The minimum absolute atomic E-state index is 0.0113. The second kappa shape index (κ2) is 10.6. The lowest BCUT2D eigenvalue weighted by molar-refractivity contribution is -0.117. The summed E-state index contributed by atoms with van der Waals surface area (Å²) >= 11 is 0. The topological polar surface area (TPSA) is 116 Å². The average molecular weight is 516 g/mol. The molecule has 194 valence electrons. The van der Waals surface area contributed by atoms with Gasteiger partial charge in [0.25, 0.3) is 5.91 Å². The van der Waals surface area contributed by atoms with E-state index in [-0.39, 0.29) is 53.8 Å². The van der Waals surface area contributed by atoms with Crippen LogP contribution in [0.25, 0.3) is 0 Å². The molecule has 2 N–H and O–H groups in total. The third-order valence-corrected chi connectivity index (χ3v) is 8.61. The van der Waals surface area contributed by atoms with Gasteiger partial charge in [-0.25, -0.2) is 8.42 Å². The van der Waals surface area contributed by atoms with E-state index in [2.05, 4.69) is 5.32 Å². The maximum atomic E-state index is 13.5. The number of carbonyl (C=O) groups excluding carboxylic acids is 2. The Labute approximate surface area is 212 Å². The van der Waals surface area contributed by atoms with Gasteiger partial charge in [-0.1, -0.05) is 25.1 Å². The molecule has 1 fully saturated rings.